The number of likely N-dealkylation sites (tertiary alicyclic amines) is 1. The van der Waals surface area contributed by atoms with E-state index in [4.69, 9.17) is 23.2 Å². The second-order valence-electron chi connectivity index (χ2n) is 6.17. The van der Waals surface area contributed by atoms with Gasteiger partial charge in [-0.2, -0.15) is 0 Å². The van der Waals surface area contributed by atoms with Crippen LogP contribution in [0.4, 0.5) is 0 Å². The molecule has 2 aliphatic heterocycles. The summed E-state index contributed by atoms with van der Waals surface area (Å²) in [4.78, 5) is 28.5. The highest BCUT2D eigenvalue weighted by atomic mass is 35.5. The molecular weight excluding hydrogens is 367 g/mol. The Balaban J connectivity index is 1.71. The van der Waals surface area contributed by atoms with E-state index in [9.17, 15) is 9.59 Å². The Hall–Kier alpha value is -0.910. The van der Waals surface area contributed by atoms with Crippen molar-refractivity contribution < 1.29 is 9.59 Å². The molecule has 0 radical (unpaired) electrons. The van der Waals surface area contributed by atoms with E-state index in [0.717, 1.165) is 31.5 Å². The van der Waals surface area contributed by atoms with Crippen LogP contribution < -0.4 is 0 Å². The molecule has 2 heterocycles. The van der Waals surface area contributed by atoms with Gasteiger partial charge in [-0.05, 0) is 37.5 Å². The van der Waals surface area contributed by atoms with Crippen LogP contribution >= 0.6 is 35.0 Å². The summed E-state index contributed by atoms with van der Waals surface area (Å²) in [5.74, 6) is 0.211. The molecule has 7 heteroatoms. The van der Waals surface area contributed by atoms with E-state index in [2.05, 4.69) is 0 Å². The Morgan fingerprint density at radius 1 is 1.25 bits per heavy atom. The van der Waals surface area contributed by atoms with Crippen molar-refractivity contribution in [2.45, 2.75) is 36.8 Å². The van der Waals surface area contributed by atoms with E-state index in [1.165, 1.54) is 0 Å². The summed E-state index contributed by atoms with van der Waals surface area (Å²) in [7, 11) is 0. The van der Waals surface area contributed by atoms with E-state index >= 15 is 0 Å². The maximum atomic E-state index is 12.5. The molecule has 4 nitrogen and oxygen atoms in total. The van der Waals surface area contributed by atoms with Crippen molar-refractivity contribution in [1.82, 2.24) is 9.80 Å². The minimum absolute atomic E-state index is 0.0743. The van der Waals surface area contributed by atoms with Gasteiger partial charge in [-0.1, -0.05) is 29.3 Å². The van der Waals surface area contributed by atoms with Gasteiger partial charge in [0.2, 0.25) is 11.8 Å². The molecule has 0 bridgehead atoms. The smallest absolute Gasteiger partial charge is 0.236 e. The quantitative estimate of drug-likeness (QED) is 0.785. The van der Waals surface area contributed by atoms with E-state index in [1.54, 1.807) is 22.7 Å². The molecule has 2 unspecified atom stereocenters. The molecule has 2 aliphatic rings. The maximum Gasteiger partial charge on any atom is 0.236 e. The van der Waals surface area contributed by atoms with Crippen molar-refractivity contribution in [2.24, 2.45) is 0 Å². The molecule has 2 amide bonds. The van der Waals surface area contributed by atoms with Crippen molar-refractivity contribution in [2.75, 3.05) is 19.6 Å². The van der Waals surface area contributed by atoms with Gasteiger partial charge in [0.25, 0.3) is 0 Å². The molecule has 130 valence electrons. The number of nitrogens with zero attached hydrogens (tertiary/aromatic N) is 2. The predicted molar refractivity (Wildman–Crippen MR) is 98.4 cm³/mol. The van der Waals surface area contributed by atoms with Crippen LogP contribution in [0.1, 0.15) is 37.1 Å². The minimum atomic E-state index is -0.119. The number of amides is 2. The van der Waals surface area contributed by atoms with Crippen LogP contribution in [0, 0.1) is 0 Å². The van der Waals surface area contributed by atoms with Gasteiger partial charge in [-0.15, -0.1) is 11.8 Å². The van der Waals surface area contributed by atoms with E-state index in [-0.39, 0.29) is 22.4 Å². The lowest BCUT2D eigenvalue weighted by Crippen LogP contribution is -2.35. The second kappa shape index (κ2) is 7.54. The number of thioether (sulfide) groups is 1. The molecule has 0 aromatic heterocycles. The predicted octanol–water partition coefficient (Wildman–Crippen LogP) is 3.97. The van der Waals surface area contributed by atoms with Crippen molar-refractivity contribution in [3.8, 4) is 0 Å². The zero-order chi connectivity index (χ0) is 17.3. The molecule has 3 rings (SSSR count). The third kappa shape index (κ3) is 3.68. The van der Waals surface area contributed by atoms with Gasteiger partial charge < -0.3 is 9.80 Å². The van der Waals surface area contributed by atoms with E-state index < -0.39 is 0 Å². The number of hydrogen-bond donors (Lipinski definition) is 0. The number of halogens is 2. The number of benzene rings is 1. The summed E-state index contributed by atoms with van der Waals surface area (Å²) >= 11 is 13.7. The molecule has 0 spiro atoms. The summed E-state index contributed by atoms with van der Waals surface area (Å²) < 4.78 is 0. The molecule has 2 saturated heterocycles. The van der Waals surface area contributed by atoms with Crippen molar-refractivity contribution in [3.63, 3.8) is 0 Å². The van der Waals surface area contributed by atoms with Crippen LogP contribution in [0.3, 0.4) is 0 Å². The highest BCUT2D eigenvalue weighted by molar-refractivity contribution is 8.01. The highest BCUT2D eigenvalue weighted by Gasteiger charge is 2.38. The SMILES string of the molecule is CC1SC(c2ccc(Cl)c(Cl)c2)N(CCC(=O)N2CCCC2)C1=O. The summed E-state index contributed by atoms with van der Waals surface area (Å²) in [6, 6.07) is 5.45. The largest absolute Gasteiger partial charge is 0.343 e. The first-order valence-electron chi connectivity index (χ1n) is 8.16. The average Bonchev–Trinajstić information content (AvgIpc) is 3.18. The molecule has 24 heavy (non-hydrogen) atoms. The Labute approximate surface area is 156 Å². The number of carbonyl (C=O) groups excluding carboxylic acids is 2. The highest BCUT2D eigenvalue weighted by Crippen LogP contribution is 2.44. The van der Waals surface area contributed by atoms with E-state index in [0.29, 0.717) is 23.0 Å². The first kappa shape index (κ1) is 17.9. The lowest BCUT2D eigenvalue weighted by atomic mass is 10.2. The molecule has 0 N–H and O–H groups in total. The monoisotopic (exact) mass is 386 g/mol. The molecule has 2 atom stereocenters. The van der Waals surface area contributed by atoms with Crippen LogP contribution in [-0.4, -0.2) is 46.5 Å². The van der Waals surface area contributed by atoms with Gasteiger partial charge in [0.05, 0.1) is 15.3 Å². The zero-order valence-corrected chi connectivity index (χ0v) is 15.8. The first-order valence-corrected chi connectivity index (χ1v) is 9.86. The zero-order valence-electron chi connectivity index (χ0n) is 13.5. The minimum Gasteiger partial charge on any atom is -0.343 e. The Morgan fingerprint density at radius 3 is 2.62 bits per heavy atom. The standard InChI is InChI=1S/C17H20Cl2N2O2S/c1-11-16(23)21(9-6-15(22)20-7-2-3-8-20)17(24-11)12-4-5-13(18)14(19)10-12/h4-5,10-11,17H,2-3,6-9H2,1H3. The molecule has 0 aliphatic carbocycles. The van der Waals surface area contributed by atoms with Gasteiger partial charge in [-0.3, -0.25) is 9.59 Å². The number of carbonyl (C=O) groups is 2. The fourth-order valence-electron chi connectivity index (χ4n) is 3.17. The van der Waals surface area contributed by atoms with Crippen LogP contribution in [0.15, 0.2) is 18.2 Å². The molecule has 0 saturated carbocycles. The Bertz CT molecular complexity index is 649. The van der Waals surface area contributed by atoms with Crippen LogP contribution in [0.5, 0.6) is 0 Å². The van der Waals surface area contributed by atoms with Gasteiger partial charge in [0.1, 0.15) is 5.37 Å². The second-order valence-corrected chi connectivity index (χ2v) is 8.41. The molecule has 2 fully saturated rings. The maximum absolute atomic E-state index is 12.5. The summed E-state index contributed by atoms with van der Waals surface area (Å²) in [6.45, 7) is 4.03. The average molecular weight is 387 g/mol. The number of rotatable bonds is 4. The van der Waals surface area contributed by atoms with Gasteiger partial charge in [-0.25, -0.2) is 0 Å². The molecule has 1 aromatic rings. The lowest BCUT2D eigenvalue weighted by Gasteiger charge is -2.25. The fourth-order valence-corrected chi connectivity index (χ4v) is 4.77. The van der Waals surface area contributed by atoms with Crippen LogP contribution in [-0.2, 0) is 9.59 Å². The lowest BCUT2D eigenvalue weighted by molar-refractivity contribution is -0.133. The third-order valence-corrected chi connectivity index (χ3v) is 6.63. The van der Waals surface area contributed by atoms with Crippen molar-refractivity contribution in [3.05, 3.63) is 33.8 Å². The van der Waals surface area contributed by atoms with Crippen LogP contribution in [0.25, 0.3) is 0 Å². The fraction of sp³-hybridized carbons (Fsp3) is 0.529. The van der Waals surface area contributed by atoms with Crippen LogP contribution in [0.2, 0.25) is 10.0 Å². The summed E-state index contributed by atoms with van der Waals surface area (Å²) in [5, 5.41) is 0.744. The topological polar surface area (TPSA) is 40.6 Å². The number of hydrogen-bond acceptors (Lipinski definition) is 3. The molecular formula is C17H20Cl2N2O2S. The van der Waals surface area contributed by atoms with Gasteiger partial charge >= 0.3 is 0 Å². The summed E-state index contributed by atoms with van der Waals surface area (Å²) in [6.07, 6.45) is 2.52. The summed E-state index contributed by atoms with van der Waals surface area (Å²) in [5.41, 5.74) is 0.945. The third-order valence-electron chi connectivity index (χ3n) is 4.50. The first-order chi connectivity index (χ1) is 11.5. The van der Waals surface area contributed by atoms with E-state index in [1.807, 2.05) is 24.0 Å². The van der Waals surface area contributed by atoms with Gasteiger partial charge in [0.15, 0.2) is 0 Å². The normalized spacial score (nSPS) is 24.0. The Kier molecular flexibility index (Phi) is 5.63. The van der Waals surface area contributed by atoms with Gasteiger partial charge in [0, 0.05) is 26.1 Å². The van der Waals surface area contributed by atoms with Crippen molar-refractivity contribution >= 4 is 46.8 Å². The van der Waals surface area contributed by atoms with Crippen molar-refractivity contribution in [1.29, 1.82) is 0 Å². The molecule has 1 aromatic carbocycles. The Morgan fingerprint density at radius 2 is 1.96 bits per heavy atom.